The highest BCUT2D eigenvalue weighted by molar-refractivity contribution is 8.23. The summed E-state index contributed by atoms with van der Waals surface area (Å²) in [5.74, 6) is -1.74. The summed E-state index contributed by atoms with van der Waals surface area (Å²) in [7, 11) is 0. The van der Waals surface area contributed by atoms with Crippen molar-refractivity contribution in [1.82, 2.24) is 0 Å². The third kappa shape index (κ3) is 6.65. The molecule has 3 atom stereocenters. The smallest absolute Gasteiger partial charge is 0.302 e. The lowest BCUT2D eigenvalue weighted by Crippen LogP contribution is -2.64. The Labute approximate surface area is 193 Å². The zero-order valence-electron chi connectivity index (χ0n) is 19.0. The number of fused-ring (bicyclic) bond motifs is 1. The predicted molar refractivity (Wildman–Crippen MR) is 122 cm³/mol. The van der Waals surface area contributed by atoms with Gasteiger partial charge in [0.25, 0.3) is 0 Å². The van der Waals surface area contributed by atoms with Crippen molar-refractivity contribution in [2.75, 3.05) is 19.8 Å². The van der Waals surface area contributed by atoms with Gasteiger partial charge in [-0.3, -0.25) is 14.4 Å². The third-order valence-corrected chi connectivity index (χ3v) is 7.45. The maximum Gasteiger partial charge on any atom is 0.302 e. The molecular weight excluding hydrogens is 440 g/mol. The summed E-state index contributed by atoms with van der Waals surface area (Å²) in [5, 5.41) is 11.3. The van der Waals surface area contributed by atoms with Gasteiger partial charge in [0.1, 0.15) is 18.8 Å². The number of thiocarbonyl (C=S) groups is 1. The molecule has 0 aromatic carbocycles. The van der Waals surface area contributed by atoms with Crippen LogP contribution >= 0.6 is 24.0 Å². The van der Waals surface area contributed by atoms with Gasteiger partial charge in [-0.2, -0.15) is 0 Å². The third-order valence-electron chi connectivity index (χ3n) is 5.92. The van der Waals surface area contributed by atoms with Crippen LogP contribution < -0.4 is 0 Å². The molecule has 0 amide bonds. The Morgan fingerprint density at radius 1 is 1.13 bits per heavy atom. The van der Waals surface area contributed by atoms with Crippen LogP contribution in [0.15, 0.2) is 0 Å². The van der Waals surface area contributed by atoms with E-state index in [1.54, 1.807) is 0 Å². The summed E-state index contributed by atoms with van der Waals surface area (Å²) in [6.45, 7) is 9.12. The number of hydrogen-bond donors (Lipinski definition) is 1. The van der Waals surface area contributed by atoms with E-state index < -0.39 is 28.9 Å². The van der Waals surface area contributed by atoms with Crippen molar-refractivity contribution in [3.63, 3.8) is 0 Å². The molecule has 2 aliphatic carbocycles. The predicted octanol–water partition coefficient (Wildman–Crippen LogP) is 3.44. The highest BCUT2D eigenvalue weighted by Crippen LogP contribution is 2.55. The quantitative estimate of drug-likeness (QED) is 0.458. The van der Waals surface area contributed by atoms with Gasteiger partial charge in [-0.15, -0.1) is 0 Å². The number of Topliss-reactive ketones (excluding diaryl/α,β-unsaturated/α-hetero) is 1. The number of aliphatic hydroxyl groups is 1. The first-order chi connectivity index (χ1) is 14.3. The Morgan fingerprint density at radius 2 is 1.71 bits per heavy atom. The Kier molecular flexibility index (Phi) is 8.55. The van der Waals surface area contributed by atoms with Gasteiger partial charge >= 0.3 is 11.9 Å². The maximum atomic E-state index is 12.9. The van der Waals surface area contributed by atoms with Crippen molar-refractivity contribution >= 4 is 46.1 Å². The summed E-state index contributed by atoms with van der Waals surface area (Å²) in [5.41, 5.74) is -2.51. The van der Waals surface area contributed by atoms with Gasteiger partial charge in [-0.05, 0) is 43.3 Å². The first-order valence-corrected chi connectivity index (χ1v) is 11.9. The van der Waals surface area contributed by atoms with Gasteiger partial charge in [-0.1, -0.05) is 32.5 Å². The van der Waals surface area contributed by atoms with Crippen LogP contribution in [0.2, 0.25) is 0 Å². The summed E-state index contributed by atoms with van der Waals surface area (Å²) in [6.07, 6.45) is 2.19. The Bertz CT molecular complexity index is 697. The van der Waals surface area contributed by atoms with E-state index in [1.807, 2.05) is 20.8 Å². The molecule has 31 heavy (non-hydrogen) atoms. The van der Waals surface area contributed by atoms with Gasteiger partial charge in [0.05, 0.1) is 6.61 Å². The molecule has 0 heterocycles. The number of ether oxygens (including phenoxy) is 3. The van der Waals surface area contributed by atoms with Crippen LogP contribution in [0.5, 0.6) is 0 Å². The zero-order chi connectivity index (χ0) is 23.4. The number of esters is 2. The Hall–Kier alpha value is -1.19. The van der Waals surface area contributed by atoms with Crippen LogP contribution in [-0.4, -0.2) is 57.9 Å². The second-order valence-electron chi connectivity index (χ2n) is 9.90. The number of carbonyl (C=O) groups excluding carboxylic acids is 3. The lowest BCUT2D eigenvalue weighted by molar-refractivity contribution is -0.188. The van der Waals surface area contributed by atoms with E-state index in [9.17, 15) is 19.5 Å². The molecule has 1 N–H and O–H groups in total. The largest absolute Gasteiger partial charge is 0.478 e. The van der Waals surface area contributed by atoms with E-state index in [-0.39, 0.29) is 36.1 Å². The number of ketones is 1. The Morgan fingerprint density at radius 3 is 2.23 bits per heavy atom. The van der Waals surface area contributed by atoms with Crippen molar-refractivity contribution in [3.8, 4) is 0 Å². The summed E-state index contributed by atoms with van der Waals surface area (Å²) >= 11 is 6.79. The molecule has 0 aliphatic heterocycles. The average Bonchev–Trinajstić information content (AvgIpc) is 2.65. The lowest BCUT2D eigenvalue weighted by Gasteiger charge is -2.55. The van der Waals surface area contributed by atoms with Crippen LogP contribution in [0.25, 0.3) is 0 Å². The second-order valence-corrected chi connectivity index (χ2v) is 11.7. The van der Waals surface area contributed by atoms with Crippen LogP contribution in [0.1, 0.15) is 66.7 Å². The molecule has 176 valence electrons. The van der Waals surface area contributed by atoms with E-state index >= 15 is 0 Å². The molecule has 0 aromatic heterocycles. The molecule has 0 radical (unpaired) electrons. The number of thioether (sulfide) groups is 1. The van der Waals surface area contributed by atoms with E-state index in [2.05, 4.69) is 0 Å². The molecule has 9 heteroatoms. The maximum absolute atomic E-state index is 12.9. The first-order valence-electron chi connectivity index (χ1n) is 10.6. The topological polar surface area (TPSA) is 99.1 Å². The number of rotatable bonds is 6. The van der Waals surface area contributed by atoms with Crippen molar-refractivity contribution in [2.24, 2.45) is 16.7 Å². The lowest BCUT2D eigenvalue weighted by atomic mass is 9.54. The van der Waals surface area contributed by atoms with E-state index in [0.29, 0.717) is 36.7 Å². The van der Waals surface area contributed by atoms with E-state index in [1.165, 1.54) is 25.6 Å². The second kappa shape index (κ2) is 10.2. The van der Waals surface area contributed by atoms with Crippen molar-refractivity contribution < 1.29 is 33.7 Å². The van der Waals surface area contributed by atoms with Crippen molar-refractivity contribution in [2.45, 2.75) is 77.6 Å². The fraction of sp³-hybridized carbons (Fsp3) is 0.818. The molecule has 2 fully saturated rings. The minimum absolute atomic E-state index is 0.0391. The molecule has 0 unspecified atom stereocenters. The highest BCUT2D eigenvalue weighted by Gasteiger charge is 2.62. The number of hydrogen-bond acceptors (Lipinski definition) is 9. The van der Waals surface area contributed by atoms with Crippen LogP contribution in [0.4, 0.5) is 0 Å². The van der Waals surface area contributed by atoms with Crippen LogP contribution in [0.3, 0.4) is 0 Å². The molecule has 0 saturated heterocycles. The molecule has 2 aliphatic rings. The zero-order valence-corrected chi connectivity index (χ0v) is 20.7. The normalized spacial score (nSPS) is 27.7. The minimum Gasteiger partial charge on any atom is -0.478 e. The molecule has 2 rings (SSSR count). The monoisotopic (exact) mass is 474 g/mol. The highest BCUT2D eigenvalue weighted by atomic mass is 32.2. The van der Waals surface area contributed by atoms with Crippen molar-refractivity contribution in [1.29, 1.82) is 0 Å². The molecule has 0 aromatic rings. The average molecular weight is 475 g/mol. The summed E-state index contributed by atoms with van der Waals surface area (Å²) in [6, 6.07) is 0. The minimum atomic E-state index is -1.58. The van der Waals surface area contributed by atoms with Gasteiger partial charge in [0, 0.05) is 36.9 Å². The van der Waals surface area contributed by atoms with Gasteiger partial charge < -0.3 is 19.3 Å². The van der Waals surface area contributed by atoms with Crippen LogP contribution in [0, 0.1) is 16.7 Å². The van der Waals surface area contributed by atoms with Gasteiger partial charge in [0.2, 0.25) is 4.38 Å². The molecule has 7 nitrogen and oxygen atoms in total. The van der Waals surface area contributed by atoms with Gasteiger partial charge in [-0.25, -0.2) is 0 Å². The van der Waals surface area contributed by atoms with Crippen molar-refractivity contribution in [3.05, 3.63) is 0 Å². The summed E-state index contributed by atoms with van der Waals surface area (Å²) < 4.78 is 16.9. The Balaban J connectivity index is 2.36. The molecule has 2 saturated carbocycles. The van der Waals surface area contributed by atoms with E-state index in [0.717, 1.165) is 0 Å². The SMILES string of the molecule is CC(=O)OCC1(COC(C)=O)CCC(=O)[C@@]2(O)CCC[C@H](SC(=S)OCC(C)(C)C)[C@@H]12. The van der Waals surface area contributed by atoms with E-state index in [4.69, 9.17) is 26.4 Å². The first kappa shape index (κ1) is 26.1. The van der Waals surface area contributed by atoms with Gasteiger partial charge in [0.15, 0.2) is 5.78 Å². The number of carbonyl (C=O) groups is 3. The van der Waals surface area contributed by atoms with Crippen LogP contribution in [-0.2, 0) is 28.6 Å². The fourth-order valence-electron chi connectivity index (χ4n) is 4.57. The molecular formula is C22H34O7S2. The molecule has 0 spiro atoms. The standard InChI is InChI=1S/C22H34O7S2/c1-14(23)27-12-21(13-28-15(2)24)10-8-17(25)22(26)9-6-7-16(18(21)22)31-19(30)29-11-20(3,4)5/h16,18,26H,6-13H2,1-5H3/t16-,18-,22-/m0/s1. The summed E-state index contributed by atoms with van der Waals surface area (Å²) in [4.78, 5) is 36.1. The fourth-order valence-corrected chi connectivity index (χ4v) is 6.31. The molecule has 0 bridgehead atoms.